The average molecular weight is 452 g/mol. The number of nitrogens with one attached hydrogen (secondary N) is 2. The Hall–Kier alpha value is -3.80. The Morgan fingerprint density at radius 2 is 1.68 bits per heavy atom. The molecule has 3 heterocycles. The van der Waals surface area contributed by atoms with Crippen LogP contribution in [0.3, 0.4) is 0 Å². The third kappa shape index (κ3) is 5.39. The highest BCUT2D eigenvalue weighted by atomic mass is 16.1. The van der Waals surface area contributed by atoms with E-state index in [1.54, 1.807) is 18.5 Å². The zero-order valence-electron chi connectivity index (χ0n) is 19.2. The van der Waals surface area contributed by atoms with E-state index in [9.17, 15) is 4.79 Å². The molecule has 0 spiro atoms. The van der Waals surface area contributed by atoms with E-state index in [1.165, 1.54) is 37.7 Å². The maximum atomic E-state index is 12.7. The van der Waals surface area contributed by atoms with Crippen molar-refractivity contribution in [1.29, 1.82) is 0 Å². The third-order valence-corrected chi connectivity index (χ3v) is 6.43. The summed E-state index contributed by atoms with van der Waals surface area (Å²) in [5.41, 5.74) is 4.68. The summed E-state index contributed by atoms with van der Waals surface area (Å²) >= 11 is 0. The Morgan fingerprint density at radius 1 is 0.912 bits per heavy atom. The first-order valence-corrected chi connectivity index (χ1v) is 12.1. The number of anilines is 1. The summed E-state index contributed by atoms with van der Waals surface area (Å²) < 4.78 is 0. The Morgan fingerprint density at radius 3 is 2.47 bits per heavy atom. The van der Waals surface area contributed by atoms with Crippen molar-refractivity contribution in [3.63, 3.8) is 0 Å². The number of nitrogens with zero attached hydrogens (tertiary/aromatic N) is 3. The van der Waals surface area contributed by atoms with Crippen LogP contribution in [0.5, 0.6) is 0 Å². The molecule has 0 bridgehead atoms. The molecule has 0 saturated heterocycles. The Balaban J connectivity index is 1.18. The molecule has 0 radical (unpaired) electrons. The fourth-order valence-electron chi connectivity index (χ4n) is 4.50. The van der Waals surface area contributed by atoms with Crippen LogP contribution in [-0.4, -0.2) is 33.4 Å². The molecule has 1 amide bonds. The molecule has 0 unspecified atom stereocenters. The van der Waals surface area contributed by atoms with Crippen molar-refractivity contribution in [2.45, 2.75) is 44.6 Å². The summed E-state index contributed by atoms with van der Waals surface area (Å²) in [6.07, 6.45) is 12.4. The van der Waals surface area contributed by atoms with E-state index in [2.05, 4.69) is 49.9 Å². The minimum atomic E-state index is -0.158. The first-order chi connectivity index (χ1) is 16.7. The molecule has 0 atom stereocenters. The van der Waals surface area contributed by atoms with Crippen molar-refractivity contribution in [2.24, 2.45) is 0 Å². The number of carbonyl (C=O) groups excluding carboxylic acids is 1. The summed E-state index contributed by atoms with van der Waals surface area (Å²) in [5, 5.41) is 7.46. The van der Waals surface area contributed by atoms with Gasteiger partial charge in [0.25, 0.3) is 5.91 Å². The van der Waals surface area contributed by atoms with Gasteiger partial charge in [0.05, 0.1) is 5.52 Å². The predicted molar refractivity (Wildman–Crippen MR) is 136 cm³/mol. The summed E-state index contributed by atoms with van der Waals surface area (Å²) in [6.45, 7) is 0.554. The van der Waals surface area contributed by atoms with Crippen molar-refractivity contribution in [2.75, 3.05) is 11.9 Å². The Kier molecular flexibility index (Phi) is 6.75. The Labute approximate surface area is 199 Å². The number of rotatable bonds is 7. The number of hydrogen-bond donors (Lipinski definition) is 2. The molecule has 4 aromatic rings. The molecular formula is C28H29N5O. The van der Waals surface area contributed by atoms with Gasteiger partial charge in [0.15, 0.2) is 0 Å². The van der Waals surface area contributed by atoms with Crippen molar-refractivity contribution in [3.8, 4) is 11.1 Å². The van der Waals surface area contributed by atoms with Gasteiger partial charge in [-0.3, -0.25) is 9.78 Å². The summed E-state index contributed by atoms with van der Waals surface area (Å²) in [6, 6.07) is 18.5. The van der Waals surface area contributed by atoms with Gasteiger partial charge < -0.3 is 10.6 Å². The smallest absolute Gasteiger partial charge is 0.269 e. The van der Waals surface area contributed by atoms with E-state index in [-0.39, 0.29) is 5.91 Å². The van der Waals surface area contributed by atoms with E-state index < -0.39 is 0 Å². The molecule has 172 valence electrons. The number of aromatic nitrogens is 3. The SMILES string of the molecule is O=C(NCCc1ccc(-c2ccncc2)cc1)c1ccc2cnc(NC3CCCCC3)cc2n1. The number of hydrogen-bond acceptors (Lipinski definition) is 5. The topological polar surface area (TPSA) is 79.8 Å². The maximum absolute atomic E-state index is 12.7. The second kappa shape index (κ2) is 10.4. The monoisotopic (exact) mass is 451 g/mol. The van der Waals surface area contributed by atoms with Gasteiger partial charge in [0, 0.05) is 42.6 Å². The highest BCUT2D eigenvalue weighted by Crippen LogP contribution is 2.23. The number of benzene rings is 1. The number of pyridine rings is 3. The van der Waals surface area contributed by atoms with E-state index in [4.69, 9.17) is 0 Å². The number of carbonyl (C=O) groups is 1. The molecule has 1 aliphatic rings. The quantitative estimate of drug-likeness (QED) is 0.393. The van der Waals surface area contributed by atoms with Crippen molar-refractivity contribution in [1.82, 2.24) is 20.3 Å². The van der Waals surface area contributed by atoms with Crippen molar-refractivity contribution in [3.05, 3.63) is 84.4 Å². The van der Waals surface area contributed by atoms with Crippen LogP contribution in [0.1, 0.15) is 48.2 Å². The van der Waals surface area contributed by atoms with Crippen LogP contribution in [0, 0.1) is 0 Å². The molecule has 2 N–H and O–H groups in total. The lowest BCUT2D eigenvalue weighted by molar-refractivity contribution is 0.0949. The maximum Gasteiger partial charge on any atom is 0.269 e. The van der Waals surface area contributed by atoms with Gasteiger partial charge in [-0.2, -0.15) is 0 Å². The van der Waals surface area contributed by atoms with E-state index in [0.717, 1.165) is 34.3 Å². The minimum Gasteiger partial charge on any atom is -0.367 e. The average Bonchev–Trinajstić information content (AvgIpc) is 2.90. The second-order valence-electron chi connectivity index (χ2n) is 8.88. The molecule has 1 aromatic carbocycles. The van der Waals surface area contributed by atoms with Crippen LogP contribution < -0.4 is 10.6 Å². The third-order valence-electron chi connectivity index (χ3n) is 6.43. The van der Waals surface area contributed by atoms with E-state index in [0.29, 0.717) is 18.3 Å². The lowest BCUT2D eigenvalue weighted by Crippen LogP contribution is -2.26. The minimum absolute atomic E-state index is 0.158. The molecule has 34 heavy (non-hydrogen) atoms. The first kappa shape index (κ1) is 22.0. The van der Waals surface area contributed by atoms with Gasteiger partial charge in [-0.25, -0.2) is 9.97 Å². The van der Waals surface area contributed by atoms with Crippen LogP contribution in [0.15, 0.2) is 73.2 Å². The fraction of sp³-hybridized carbons (Fsp3) is 0.286. The van der Waals surface area contributed by atoms with Crippen LogP contribution in [0.25, 0.3) is 22.0 Å². The fourth-order valence-corrected chi connectivity index (χ4v) is 4.50. The number of fused-ring (bicyclic) bond motifs is 1. The summed E-state index contributed by atoms with van der Waals surface area (Å²) in [7, 11) is 0. The van der Waals surface area contributed by atoms with Crippen LogP contribution in [-0.2, 0) is 6.42 Å². The number of amides is 1. The molecule has 1 aliphatic carbocycles. The Bertz CT molecular complexity index is 1250. The second-order valence-corrected chi connectivity index (χ2v) is 8.88. The van der Waals surface area contributed by atoms with Gasteiger partial charge >= 0.3 is 0 Å². The molecule has 6 heteroatoms. The van der Waals surface area contributed by atoms with Crippen molar-refractivity contribution >= 4 is 22.6 Å². The zero-order valence-corrected chi connectivity index (χ0v) is 19.2. The van der Waals surface area contributed by atoms with Crippen molar-refractivity contribution < 1.29 is 4.79 Å². The van der Waals surface area contributed by atoms with E-state index >= 15 is 0 Å². The van der Waals surface area contributed by atoms with Crippen LogP contribution >= 0.6 is 0 Å². The van der Waals surface area contributed by atoms with Gasteiger partial charge in [-0.05, 0) is 60.2 Å². The molecule has 3 aromatic heterocycles. The van der Waals surface area contributed by atoms with Crippen LogP contribution in [0.4, 0.5) is 5.82 Å². The van der Waals surface area contributed by atoms with E-state index in [1.807, 2.05) is 30.5 Å². The zero-order chi connectivity index (χ0) is 23.2. The lowest BCUT2D eigenvalue weighted by Gasteiger charge is -2.23. The van der Waals surface area contributed by atoms with Crippen LogP contribution in [0.2, 0.25) is 0 Å². The highest BCUT2D eigenvalue weighted by Gasteiger charge is 2.14. The molecule has 1 saturated carbocycles. The molecule has 0 aliphatic heterocycles. The van der Waals surface area contributed by atoms with Gasteiger partial charge in [0.2, 0.25) is 0 Å². The molecule has 6 nitrogen and oxygen atoms in total. The molecule has 1 fully saturated rings. The highest BCUT2D eigenvalue weighted by molar-refractivity contribution is 5.95. The molecule has 5 rings (SSSR count). The normalized spacial score (nSPS) is 14.1. The van der Waals surface area contributed by atoms with Gasteiger partial charge in [-0.15, -0.1) is 0 Å². The summed E-state index contributed by atoms with van der Waals surface area (Å²) in [5.74, 6) is 0.675. The van der Waals surface area contributed by atoms with Gasteiger partial charge in [-0.1, -0.05) is 43.5 Å². The lowest BCUT2D eigenvalue weighted by atomic mass is 9.95. The van der Waals surface area contributed by atoms with Gasteiger partial charge in [0.1, 0.15) is 11.5 Å². The molecular weight excluding hydrogens is 422 g/mol. The standard InChI is InChI=1S/C28H29N5O/c34-28(30-17-12-20-6-8-21(9-7-20)22-13-15-29-16-14-22)25-11-10-23-19-31-27(18-26(23)33-25)32-24-4-2-1-3-5-24/h6-11,13-16,18-19,24H,1-5,12,17H2,(H,30,34)(H,31,32). The summed E-state index contributed by atoms with van der Waals surface area (Å²) in [4.78, 5) is 25.9. The first-order valence-electron chi connectivity index (χ1n) is 12.1. The largest absolute Gasteiger partial charge is 0.367 e. The predicted octanol–water partition coefficient (Wildman–Crippen LogP) is 5.41.